The lowest BCUT2D eigenvalue weighted by Crippen LogP contribution is -2.49. The lowest BCUT2D eigenvalue weighted by atomic mass is 9.88. The third kappa shape index (κ3) is 3.08. The van der Waals surface area contributed by atoms with E-state index in [1.165, 1.54) is 10.7 Å². The number of fused-ring (bicyclic) bond motifs is 1. The number of carboxylic acid groups (broad SMARTS) is 1. The monoisotopic (exact) mass is 304 g/mol. The Morgan fingerprint density at radius 2 is 2.05 bits per heavy atom. The largest absolute Gasteiger partial charge is 0.481 e. The van der Waals surface area contributed by atoms with E-state index in [9.17, 15) is 9.59 Å². The van der Waals surface area contributed by atoms with E-state index in [1.807, 2.05) is 20.8 Å². The molecule has 22 heavy (non-hydrogen) atoms. The third-order valence-electron chi connectivity index (χ3n) is 3.97. The number of aryl methyl sites for hydroxylation is 1. The molecular weight excluding hydrogens is 284 g/mol. The van der Waals surface area contributed by atoms with Crippen LogP contribution in [0.4, 0.5) is 0 Å². The number of carboxylic acids is 1. The number of nitrogens with zero attached hydrogens (tertiary/aromatic N) is 3. The number of rotatable bonds is 6. The number of aromatic nitrogens is 3. The maximum Gasteiger partial charge on any atom is 0.305 e. The van der Waals surface area contributed by atoms with Crippen molar-refractivity contribution in [1.82, 2.24) is 19.9 Å². The van der Waals surface area contributed by atoms with Crippen molar-refractivity contribution in [2.75, 3.05) is 0 Å². The van der Waals surface area contributed by atoms with Crippen LogP contribution in [0.3, 0.4) is 0 Å². The summed E-state index contributed by atoms with van der Waals surface area (Å²) in [7, 11) is 0. The van der Waals surface area contributed by atoms with Gasteiger partial charge >= 0.3 is 5.97 Å². The van der Waals surface area contributed by atoms with E-state index in [2.05, 4.69) is 15.4 Å². The Hall–Kier alpha value is -2.44. The highest BCUT2D eigenvalue weighted by Crippen LogP contribution is 2.21. The van der Waals surface area contributed by atoms with Crippen molar-refractivity contribution < 1.29 is 14.7 Å². The van der Waals surface area contributed by atoms with Crippen molar-refractivity contribution in [2.24, 2.45) is 0 Å². The van der Waals surface area contributed by atoms with Crippen molar-refractivity contribution in [3.8, 4) is 0 Å². The van der Waals surface area contributed by atoms with Crippen LogP contribution in [-0.2, 0) is 4.79 Å². The van der Waals surface area contributed by atoms with E-state index < -0.39 is 11.5 Å². The Morgan fingerprint density at radius 3 is 2.64 bits per heavy atom. The highest BCUT2D eigenvalue weighted by Gasteiger charge is 2.32. The summed E-state index contributed by atoms with van der Waals surface area (Å²) in [6.45, 7) is 5.57. The van der Waals surface area contributed by atoms with E-state index in [0.717, 1.165) is 5.69 Å². The predicted molar refractivity (Wildman–Crippen MR) is 80.8 cm³/mol. The molecule has 0 aliphatic rings. The molecule has 0 aromatic carbocycles. The Morgan fingerprint density at radius 1 is 1.36 bits per heavy atom. The second-order valence-electron chi connectivity index (χ2n) is 5.41. The Bertz CT molecular complexity index is 704. The topological polar surface area (TPSA) is 96.6 Å². The molecule has 2 aromatic rings. The summed E-state index contributed by atoms with van der Waals surface area (Å²) < 4.78 is 1.53. The quantitative estimate of drug-likeness (QED) is 0.848. The first-order chi connectivity index (χ1) is 10.4. The minimum absolute atomic E-state index is 0.114. The van der Waals surface area contributed by atoms with Gasteiger partial charge in [0.25, 0.3) is 5.91 Å². The van der Waals surface area contributed by atoms with Crippen LogP contribution < -0.4 is 5.32 Å². The number of hydrogen-bond acceptors (Lipinski definition) is 4. The van der Waals surface area contributed by atoms with Crippen molar-refractivity contribution in [2.45, 2.75) is 45.6 Å². The lowest BCUT2D eigenvalue weighted by Gasteiger charge is -2.31. The smallest absolute Gasteiger partial charge is 0.305 e. The summed E-state index contributed by atoms with van der Waals surface area (Å²) in [4.78, 5) is 27.9. The van der Waals surface area contributed by atoms with Gasteiger partial charge in [-0.1, -0.05) is 13.8 Å². The maximum absolute atomic E-state index is 12.5. The molecule has 1 amide bonds. The van der Waals surface area contributed by atoms with Crippen molar-refractivity contribution in [3.05, 3.63) is 29.7 Å². The van der Waals surface area contributed by atoms with Gasteiger partial charge in [-0.2, -0.15) is 5.10 Å². The molecule has 0 saturated carbocycles. The molecule has 0 bridgehead atoms. The summed E-state index contributed by atoms with van der Waals surface area (Å²) in [6, 6.07) is 1.80. The van der Waals surface area contributed by atoms with Gasteiger partial charge < -0.3 is 10.4 Å². The molecule has 0 fully saturated rings. The van der Waals surface area contributed by atoms with Crippen molar-refractivity contribution in [1.29, 1.82) is 0 Å². The molecule has 7 heteroatoms. The Balaban J connectivity index is 2.33. The summed E-state index contributed by atoms with van der Waals surface area (Å²) in [6.07, 6.45) is 4.14. The molecule has 2 aromatic heterocycles. The molecule has 118 valence electrons. The van der Waals surface area contributed by atoms with E-state index in [0.29, 0.717) is 24.1 Å². The fraction of sp³-hybridized carbons (Fsp3) is 0.467. The molecule has 2 N–H and O–H groups in total. The summed E-state index contributed by atoms with van der Waals surface area (Å²) in [5.41, 5.74) is 0.834. The van der Waals surface area contributed by atoms with Crippen LogP contribution >= 0.6 is 0 Å². The summed E-state index contributed by atoms with van der Waals surface area (Å²) >= 11 is 0. The zero-order valence-corrected chi connectivity index (χ0v) is 13.0. The molecule has 2 heterocycles. The van der Waals surface area contributed by atoms with Gasteiger partial charge in [0.2, 0.25) is 0 Å². The van der Waals surface area contributed by atoms with Crippen molar-refractivity contribution >= 4 is 17.5 Å². The van der Waals surface area contributed by atoms with Gasteiger partial charge in [-0.25, -0.2) is 9.50 Å². The number of carbonyl (C=O) groups excluding carboxylic acids is 1. The minimum atomic E-state index is -0.933. The van der Waals surface area contributed by atoms with Gasteiger partial charge in [-0.3, -0.25) is 9.59 Å². The van der Waals surface area contributed by atoms with E-state index in [1.54, 1.807) is 12.3 Å². The highest BCUT2D eigenvalue weighted by molar-refractivity contribution is 6.00. The number of nitrogens with one attached hydrogen (secondary N) is 1. The number of hydrogen-bond donors (Lipinski definition) is 2. The molecule has 0 radical (unpaired) electrons. The maximum atomic E-state index is 12.5. The average molecular weight is 304 g/mol. The van der Waals surface area contributed by atoms with E-state index in [4.69, 9.17) is 5.11 Å². The van der Waals surface area contributed by atoms with Crippen molar-refractivity contribution in [3.63, 3.8) is 0 Å². The Kier molecular flexibility index (Phi) is 4.44. The molecule has 0 spiro atoms. The molecule has 7 nitrogen and oxygen atoms in total. The summed E-state index contributed by atoms with van der Waals surface area (Å²) in [5, 5.41) is 16.0. The molecule has 0 saturated heterocycles. The van der Waals surface area contributed by atoms with Crippen LogP contribution in [0.25, 0.3) is 5.65 Å². The van der Waals surface area contributed by atoms with Gasteiger partial charge in [0.15, 0.2) is 5.65 Å². The zero-order chi connectivity index (χ0) is 16.3. The second kappa shape index (κ2) is 6.13. The van der Waals surface area contributed by atoms with E-state index >= 15 is 0 Å². The highest BCUT2D eigenvalue weighted by atomic mass is 16.4. The number of carbonyl (C=O) groups is 2. The van der Waals surface area contributed by atoms with Gasteiger partial charge in [-0.15, -0.1) is 0 Å². The van der Waals surface area contributed by atoms with Gasteiger partial charge in [-0.05, 0) is 25.8 Å². The normalized spacial score (nSPS) is 11.6. The standard InChI is InChI=1S/C15H20N4O3/c1-4-15(5-2,8-12(20)21)18-14(22)11-9-16-19-7-6-10(3)17-13(11)19/h6-7,9H,4-5,8H2,1-3H3,(H,18,22)(H,20,21). The van der Waals surface area contributed by atoms with Gasteiger partial charge in [0.05, 0.1) is 18.2 Å². The first-order valence-electron chi connectivity index (χ1n) is 7.26. The minimum Gasteiger partial charge on any atom is -0.481 e. The Labute approximate surface area is 128 Å². The zero-order valence-electron chi connectivity index (χ0n) is 13.0. The average Bonchev–Trinajstić information content (AvgIpc) is 2.88. The first kappa shape index (κ1) is 15.9. The summed E-state index contributed by atoms with van der Waals surface area (Å²) in [5.74, 6) is -1.28. The van der Waals surface area contributed by atoms with Crippen LogP contribution in [0.2, 0.25) is 0 Å². The lowest BCUT2D eigenvalue weighted by molar-refractivity contribution is -0.138. The molecule has 0 aliphatic carbocycles. The first-order valence-corrected chi connectivity index (χ1v) is 7.26. The van der Waals surface area contributed by atoms with Crippen LogP contribution in [0.15, 0.2) is 18.5 Å². The van der Waals surface area contributed by atoms with Crippen LogP contribution in [0, 0.1) is 6.92 Å². The van der Waals surface area contributed by atoms with E-state index in [-0.39, 0.29) is 12.3 Å². The second-order valence-corrected chi connectivity index (χ2v) is 5.41. The number of amides is 1. The predicted octanol–water partition coefficient (Wildman–Crippen LogP) is 1.80. The molecule has 0 atom stereocenters. The van der Waals surface area contributed by atoms with Crippen LogP contribution in [-0.4, -0.2) is 37.1 Å². The molecule has 0 aliphatic heterocycles. The molecular formula is C15H20N4O3. The number of aliphatic carboxylic acids is 1. The van der Waals surface area contributed by atoms with Gasteiger partial charge in [0, 0.05) is 11.9 Å². The fourth-order valence-electron chi connectivity index (χ4n) is 2.44. The SMILES string of the molecule is CCC(CC)(CC(=O)O)NC(=O)c1cnn2ccc(C)nc12. The van der Waals surface area contributed by atoms with Crippen LogP contribution in [0.5, 0.6) is 0 Å². The van der Waals surface area contributed by atoms with Gasteiger partial charge in [0.1, 0.15) is 5.56 Å². The fourth-order valence-corrected chi connectivity index (χ4v) is 2.44. The molecule has 2 rings (SSSR count). The third-order valence-corrected chi connectivity index (χ3v) is 3.97. The molecule has 0 unspecified atom stereocenters. The van der Waals surface area contributed by atoms with Crippen LogP contribution in [0.1, 0.15) is 49.2 Å².